The molecular weight excluding hydrogens is 430 g/mol. The van der Waals surface area contributed by atoms with Gasteiger partial charge in [-0.2, -0.15) is 0 Å². The van der Waals surface area contributed by atoms with Gasteiger partial charge in [0.2, 0.25) is 11.9 Å². The highest BCUT2D eigenvalue weighted by Crippen LogP contribution is 2.55. The maximum atomic E-state index is 13.5. The summed E-state index contributed by atoms with van der Waals surface area (Å²) in [4.78, 5) is 36.9. The molecule has 1 aromatic rings. The number of anilines is 1. The molecular formula is C26H37N5O3. The molecule has 1 aliphatic heterocycles. The first-order valence-corrected chi connectivity index (χ1v) is 13.4. The van der Waals surface area contributed by atoms with Gasteiger partial charge in [-0.3, -0.25) is 9.59 Å². The van der Waals surface area contributed by atoms with Gasteiger partial charge in [-0.1, -0.05) is 12.8 Å². The Hall–Kier alpha value is -2.22. The minimum atomic E-state index is -0.502. The van der Waals surface area contributed by atoms with Crippen LogP contribution in [0.2, 0.25) is 0 Å². The summed E-state index contributed by atoms with van der Waals surface area (Å²) in [6.07, 6.45) is 11.4. The molecule has 7 rings (SSSR count). The molecule has 6 aliphatic rings. The monoisotopic (exact) mass is 467 g/mol. The van der Waals surface area contributed by atoms with Gasteiger partial charge in [-0.05, 0) is 69.6 Å². The van der Waals surface area contributed by atoms with Gasteiger partial charge < -0.3 is 20.6 Å². The average molecular weight is 468 g/mol. The molecule has 1 saturated heterocycles. The number of nitrogens with one attached hydrogen (secondary N) is 2. The molecule has 6 fully saturated rings. The molecule has 0 aromatic carbocycles. The number of nitrogens with zero attached hydrogens (tertiary/aromatic N) is 3. The van der Waals surface area contributed by atoms with E-state index in [1.165, 1.54) is 0 Å². The molecule has 2 amide bonds. The third-order valence-electron chi connectivity index (χ3n) is 9.27. The number of hydrogen-bond acceptors (Lipinski definition) is 6. The number of aliphatic hydroxyl groups is 1. The Balaban J connectivity index is 1.21. The van der Waals surface area contributed by atoms with Crippen molar-refractivity contribution >= 4 is 17.8 Å². The van der Waals surface area contributed by atoms with Crippen molar-refractivity contribution < 1.29 is 14.7 Å². The summed E-state index contributed by atoms with van der Waals surface area (Å²) >= 11 is 0. The van der Waals surface area contributed by atoms with E-state index in [9.17, 15) is 14.7 Å². The Morgan fingerprint density at radius 2 is 1.94 bits per heavy atom. The molecule has 0 spiro atoms. The van der Waals surface area contributed by atoms with Crippen molar-refractivity contribution in [2.75, 3.05) is 18.4 Å². The summed E-state index contributed by atoms with van der Waals surface area (Å²) < 4.78 is 0. The van der Waals surface area contributed by atoms with E-state index < -0.39 is 5.60 Å². The number of rotatable bonds is 6. The highest BCUT2D eigenvalue weighted by atomic mass is 16.3. The zero-order chi connectivity index (χ0) is 23.4. The number of amides is 2. The van der Waals surface area contributed by atoms with Crippen LogP contribution in [0.25, 0.3) is 0 Å². The highest BCUT2D eigenvalue weighted by Gasteiger charge is 2.55. The smallest absolute Gasteiger partial charge is 0.254 e. The van der Waals surface area contributed by atoms with Crippen LogP contribution < -0.4 is 10.6 Å². The minimum Gasteiger partial charge on any atom is -0.390 e. The van der Waals surface area contributed by atoms with E-state index in [0.29, 0.717) is 48.8 Å². The lowest BCUT2D eigenvalue weighted by Crippen LogP contribution is -2.61. The minimum absolute atomic E-state index is 0.00223. The van der Waals surface area contributed by atoms with Gasteiger partial charge in [0, 0.05) is 37.7 Å². The van der Waals surface area contributed by atoms with Crippen LogP contribution in [0.1, 0.15) is 93.1 Å². The average Bonchev–Trinajstić information content (AvgIpc) is 3.44. The Bertz CT molecular complexity index is 961. The number of aromatic nitrogens is 2. The van der Waals surface area contributed by atoms with Gasteiger partial charge in [0.05, 0.1) is 22.9 Å². The van der Waals surface area contributed by atoms with E-state index in [2.05, 4.69) is 15.6 Å². The molecule has 34 heavy (non-hydrogen) atoms. The van der Waals surface area contributed by atoms with Gasteiger partial charge in [-0.15, -0.1) is 0 Å². The molecule has 5 saturated carbocycles. The highest BCUT2D eigenvalue weighted by molar-refractivity contribution is 5.95. The van der Waals surface area contributed by atoms with Crippen molar-refractivity contribution in [2.45, 2.75) is 94.7 Å². The second-order valence-corrected chi connectivity index (χ2v) is 11.6. The summed E-state index contributed by atoms with van der Waals surface area (Å²) in [5.74, 6) is 2.26. The molecule has 184 valence electrons. The Morgan fingerprint density at radius 1 is 1.21 bits per heavy atom. The predicted octanol–water partition coefficient (Wildman–Crippen LogP) is 2.84. The topological polar surface area (TPSA) is 107 Å². The summed E-state index contributed by atoms with van der Waals surface area (Å²) in [6, 6.07) is 0.144. The first-order valence-electron chi connectivity index (χ1n) is 13.4. The standard InChI is InChI=1S/C26H37N5O3/c1-2-31-14-19(9-21(31)32)28-25-27-13-20(23(30-25)16-5-3-4-6-16)24(33)29-22-17-7-15-8-18(22)12-26(34,10-15)11-17/h13,15-19,22,34H,2-12,14H2,1H3,(H,29,33)(H,27,28,30)/t15?,17?,18?,19?,22-,26+. The first kappa shape index (κ1) is 22.3. The van der Waals surface area contributed by atoms with Crippen LogP contribution in [-0.2, 0) is 4.79 Å². The van der Waals surface area contributed by atoms with E-state index in [0.717, 1.165) is 63.5 Å². The van der Waals surface area contributed by atoms with Crippen LogP contribution in [0.3, 0.4) is 0 Å². The van der Waals surface area contributed by atoms with Gasteiger partial charge >= 0.3 is 0 Å². The molecule has 8 nitrogen and oxygen atoms in total. The van der Waals surface area contributed by atoms with Gasteiger partial charge in [0.25, 0.3) is 5.91 Å². The van der Waals surface area contributed by atoms with E-state index in [-0.39, 0.29) is 29.8 Å². The van der Waals surface area contributed by atoms with Crippen LogP contribution in [0.4, 0.5) is 5.95 Å². The fourth-order valence-corrected chi connectivity index (χ4v) is 7.95. The Morgan fingerprint density at radius 3 is 2.59 bits per heavy atom. The first-order chi connectivity index (χ1) is 16.4. The molecule has 3 unspecified atom stereocenters. The predicted molar refractivity (Wildman–Crippen MR) is 127 cm³/mol. The van der Waals surface area contributed by atoms with Crippen LogP contribution in [-0.4, -0.2) is 62.6 Å². The van der Waals surface area contributed by atoms with E-state index in [1.807, 2.05) is 11.8 Å². The van der Waals surface area contributed by atoms with Crippen molar-refractivity contribution in [3.8, 4) is 0 Å². The molecule has 1 aromatic heterocycles. The van der Waals surface area contributed by atoms with Crippen LogP contribution in [0, 0.1) is 17.8 Å². The van der Waals surface area contributed by atoms with Crippen LogP contribution in [0.15, 0.2) is 6.20 Å². The third kappa shape index (κ3) is 3.97. The van der Waals surface area contributed by atoms with Gasteiger partial charge in [0.15, 0.2) is 0 Å². The number of likely N-dealkylation sites (tertiary alicyclic amines) is 1. The Kier molecular flexibility index (Phi) is 5.54. The fourth-order valence-electron chi connectivity index (χ4n) is 7.95. The Labute approximate surface area is 201 Å². The van der Waals surface area contributed by atoms with Gasteiger partial charge in [0.1, 0.15) is 0 Å². The summed E-state index contributed by atoms with van der Waals surface area (Å²) in [5, 5.41) is 17.6. The zero-order valence-electron chi connectivity index (χ0n) is 20.1. The normalized spacial score (nSPS) is 36.9. The SMILES string of the molecule is CCN1CC(Nc2ncc(C(=O)N[C@H]3C4CC5CC3C[C@@](O)(C5)C4)c(C3CCCC3)n2)CC1=O. The van der Waals surface area contributed by atoms with E-state index in [1.54, 1.807) is 6.20 Å². The molecule has 3 atom stereocenters. The molecule has 0 radical (unpaired) electrons. The third-order valence-corrected chi connectivity index (χ3v) is 9.27. The van der Waals surface area contributed by atoms with Crippen molar-refractivity contribution in [1.82, 2.24) is 20.2 Å². The largest absolute Gasteiger partial charge is 0.390 e. The van der Waals surface area contributed by atoms with E-state index in [4.69, 9.17) is 4.98 Å². The number of hydrogen-bond donors (Lipinski definition) is 3. The van der Waals surface area contributed by atoms with E-state index >= 15 is 0 Å². The maximum Gasteiger partial charge on any atom is 0.254 e. The number of likely N-dealkylation sites (N-methyl/N-ethyl adjacent to an activating group) is 1. The van der Waals surface area contributed by atoms with Crippen molar-refractivity contribution in [1.29, 1.82) is 0 Å². The lowest BCUT2D eigenvalue weighted by atomic mass is 9.52. The number of carbonyl (C=O) groups is 2. The molecule has 5 aliphatic carbocycles. The molecule has 2 heterocycles. The maximum absolute atomic E-state index is 13.5. The summed E-state index contributed by atoms with van der Waals surface area (Å²) in [7, 11) is 0. The molecule has 3 N–H and O–H groups in total. The van der Waals surface area contributed by atoms with Crippen LogP contribution >= 0.6 is 0 Å². The second kappa shape index (κ2) is 8.47. The lowest BCUT2D eigenvalue weighted by molar-refractivity contribution is -0.137. The zero-order valence-corrected chi connectivity index (χ0v) is 20.1. The molecule has 4 bridgehead atoms. The van der Waals surface area contributed by atoms with Crippen LogP contribution in [0.5, 0.6) is 0 Å². The lowest BCUT2D eigenvalue weighted by Gasteiger charge is -2.58. The van der Waals surface area contributed by atoms with Crippen molar-refractivity contribution in [3.05, 3.63) is 17.5 Å². The second-order valence-electron chi connectivity index (χ2n) is 11.6. The quantitative estimate of drug-likeness (QED) is 0.594. The van der Waals surface area contributed by atoms with Crippen molar-refractivity contribution in [3.63, 3.8) is 0 Å². The number of carbonyl (C=O) groups excluding carboxylic acids is 2. The molecule has 8 heteroatoms. The van der Waals surface area contributed by atoms with Gasteiger partial charge in [-0.25, -0.2) is 9.97 Å². The fraction of sp³-hybridized carbons (Fsp3) is 0.769. The summed E-state index contributed by atoms with van der Waals surface area (Å²) in [6.45, 7) is 3.37. The van der Waals surface area contributed by atoms with Crippen molar-refractivity contribution in [2.24, 2.45) is 17.8 Å². The summed E-state index contributed by atoms with van der Waals surface area (Å²) in [5.41, 5.74) is 0.951.